The van der Waals surface area contributed by atoms with E-state index in [1.807, 2.05) is 6.07 Å². The van der Waals surface area contributed by atoms with Gasteiger partial charge in [0.15, 0.2) is 17.3 Å². The van der Waals surface area contributed by atoms with E-state index < -0.39 is 5.92 Å². The normalized spacial score (nSPS) is 20.9. The van der Waals surface area contributed by atoms with Gasteiger partial charge in [0.05, 0.1) is 11.4 Å². The summed E-state index contributed by atoms with van der Waals surface area (Å²) in [6, 6.07) is 7.46. The van der Waals surface area contributed by atoms with E-state index in [2.05, 4.69) is 11.1 Å². The van der Waals surface area contributed by atoms with Crippen LogP contribution in [-0.4, -0.2) is 17.6 Å². The standard InChI is InChI=1S/C20H14ClN3O4/c21-19-10(4-9-5-15-16(27-8-26-15)6-12(9)24-19)17-11(7-22)20(23)28-14-3-1-2-13(25)18(14)17/h4-6,17H,1-3,8,23H2. The number of carbonyl (C=O) groups is 1. The molecule has 0 bridgehead atoms. The number of nitriles is 1. The predicted octanol–water partition coefficient (Wildman–Crippen LogP) is 3.43. The van der Waals surface area contributed by atoms with Crippen LogP contribution in [0.25, 0.3) is 10.9 Å². The van der Waals surface area contributed by atoms with Crippen molar-refractivity contribution in [2.45, 2.75) is 25.2 Å². The summed E-state index contributed by atoms with van der Waals surface area (Å²) < 4.78 is 16.4. The van der Waals surface area contributed by atoms with E-state index >= 15 is 0 Å². The molecule has 1 unspecified atom stereocenters. The SMILES string of the molecule is N#CC1=C(N)OC2=C(C(=O)CCC2)C1c1cc2cc3c(cc2nc1Cl)OCO3. The number of nitrogens with zero attached hydrogens (tertiary/aromatic N) is 2. The number of Topliss-reactive ketones (excluding diaryl/α,β-unsaturated/α-hetero) is 1. The first-order valence-electron chi connectivity index (χ1n) is 8.80. The number of nitrogens with two attached hydrogens (primary N) is 1. The summed E-state index contributed by atoms with van der Waals surface area (Å²) in [5.41, 5.74) is 7.78. The smallest absolute Gasteiger partial charge is 0.231 e. The van der Waals surface area contributed by atoms with Crippen molar-refractivity contribution >= 4 is 28.3 Å². The fraction of sp³-hybridized carbons (Fsp3) is 0.250. The van der Waals surface area contributed by atoms with Gasteiger partial charge in [-0.05, 0) is 18.6 Å². The summed E-state index contributed by atoms with van der Waals surface area (Å²) in [6.45, 7) is 0.148. The van der Waals surface area contributed by atoms with Crippen LogP contribution < -0.4 is 15.2 Å². The minimum Gasteiger partial charge on any atom is -0.454 e. The lowest BCUT2D eigenvalue weighted by atomic mass is 9.78. The number of rotatable bonds is 1. The molecule has 1 aromatic carbocycles. The van der Waals surface area contributed by atoms with Gasteiger partial charge in [0.1, 0.15) is 22.6 Å². The third-order valence-electron chi connectivity index (χ3n) is 5.21. The fourth-order valence-electron chi connectivity index (χ4n) is 3.93. The first kappa shape index (κ1) is 16.9. The van der Waals surface area contributed by atoms with E-state index in [-0.39, 0.29) is 29.2 Å². The monoisotopic (exact) mass is 395 g/mol. The molecule has 28 heavy (non-hydrogen) atoms. The molecule has 0 amide bonds. The Labute approximate surface area is 164 Å². The third-order valence-corrected chi connectivity index (χ3v) is 5.51. The van der Waals surface area contributed by atoms with Gasteiger partial charge in [-0.1, -0.05) is 11.6 Å². The van der Waals surface area contributed by atoms with Crippen LogP contribution in [0.3, 0.4) is 0 Å². The Morgan fingerprint density at radius 1 is 1.21 bits per heavy atom. The number of aromatic nitrogens is 1. The molecule has 0 saturated carbocycles. The Morgan fingerprint density at radius 2 is 2.00 bits per heavy atom. The highest BCUT2D eigenvalue weighted by atomic mass is 35.5. The average Bonchev–Trinajstić information content (AvgIpc) is 3.12. The minimum atomic E-state index is -0.698. The van der Waals surface area contributed by atoms with Crippen LogP contribution in [0.15, 0.2) is 41.0 Å². The molecule has 2 aliphatic heterocycles. The van der Waals surface area contributed by atoms with E-state index in [1.54, 1.807) is 12.1 Å². The van der Waals surface area contributed by atoms with Crippen LogP contribution in [0.1, 0.15) is 30.7 Å². The van der Waals surface area contributed by atoms with Gasteiger partial charge in [-0.3, -0.25) is 4.79 Å². The van der Waals surface area contributed by atoms with Crippen molar-refractivity contribution in [3.05, 3.63) is 51.7 Å². The quantitative estimate of drug-likeness (QED) is 0.737. The number of pyridine rings is 1. The molecule has 2 N–H and O–H groups in total. The zero-order chi connectivity index (χ0) is 19.4. The van der Waals surface area contributed by atoms with E-state index in [0.29, 0.717) is 53.2 Å². The van der Waals surface area contributed by atoms with Crippen LogP contribution in [0.5, 0.6) is 11.5 Å². The molecule has 2 aromatic rings. The van der Waals surface area contributed by atoms with Crippen molar-refractivity contribution < 1.29 is 19.0 Å². The van der Waals surface area contributed by atoms with Crippen molar-refractivity contribution in [1.29, 1.82) is 5.26 Å². The number of carbonyl (C=O) groups excluding carboxylic acids is 1. The van der Waals surface area contributed by atoms with Crippen LogP contribution >= 0.6 is 11.6 Å². The van der Waals surface area contributed by atoms with Crippen molar-refractivity contribution in [3.63, 3.8) is 0 Å². The number of ketones is 1. The second-order valence-corrected chi connectivity index (χ2v) is 7.16. The number of ether oxygens (including phenoxy) is 3. The van der Waals surface area contributed by atoms with Crippen molar-refractivity contribution in [2.75, 3.05) is 6.79 Å². The number of benzene rings is 1. The number of fused-ring (bicyclic) bond motifs is 2. The maximum Gasteiger partial charge on any atom is 0.231 e. The maximum atomic E-state index is 12.7. The highest BCUT2D eigenvalue weighted by Crippen LogP contribution is 2.46. The molecule has 3 aliphatic rings. The number of hydrogen-bond acceptors (Lipinski definition) is 7. The molecule has 8 heteroatoms. The van der Waals surface area contributed by atoms with Crippen LogP contribution in [0.2, 0.25) is 5.15 Å². The van der Waals surface area contributed by atoms with E-state index in [0.717, 1.165) is 5.39 Å². The van der Waals surface area contributed by atoms with Crippen molar-refractivity contribution in [1.82, 2.24) is 4.98 Å². The summed E-state index contributed by atoms with van der Waals surface area (Å²) >= 11 is 6.51. The molecular weight excluding hydrogens is 382 g/mol. The first-order valence-corrected chi connectivity index (χ1v) is 9.18. The van der Waals surface area contributed by atoms with Gasteiger partial charge < -0.3 is 19.9 Å². The van der Waals surface area contributed by atoms with Gasteiger partial charge in [-0.15, -0.1) is 0 Å². The van der Waals surface area contributed by atoms with Crippen LogP contribution in [-0.2, 0) is 9.53 Å². The zero-order valence-electron chi connectivity index (χ0n) is 14.6. The molecule has 3 heterocycles. The Morgan fingerprint density at radius 3 is 2.79 bits per heavy atom. The predicted molar refractivity (Wildman–Crippen MR) is 99.4 cm³/mol. The number of halogens is 1. The summed E-state index contributed by atoms with van der Waals surface area (Å²) in [5.74, 6) is 0.968. The second-order valence-electron chi connectivity index (χ2n) is 6.80. The molecule has 1 aromatic heterocycles. The third kappa shape index (κ3) is 2.42. The molecule has 0 spiro atoms. The largest absolute Gasteiger partial charge is 0.454 e. The molecule has 0 radical (unpaired) electrons. The van der Waals surface area contributed by atoms with E-state index in [9.17, 15) is 10.1 Å². The molecule has 5 rings (SSSR count). The lowest BCUT2D eigenvalue weighted by molar-refractivity contribution is -0.116. The topological polar surface area (TPSA) is 107 Å². The van der Waals surface area contributed by atoms with Crippen LogP contribution in [0.4, 0.5) is 0 Å². The van der Waals surface area contributed by atoms with Gasteiger partial charge in [-0.25, -0.2) is 4.98 Å². The van der Waals surface area contributed by atoms with Crippen molar-refractivity contribution in [3.8, 4) is 17.6 Å². The molecule has 7 nitrogen and oxygen atoms in total. The number of hydrogen-bond donors (Lipinski definition) is 1. The molecule has 1 atom stereocenters. The average molecular weight is 396 g/mol. The number of allylic oxidation sites excluding steroid dienone is 3. The lowest BCUT2D eigenvalue weighted by Crippen LogP contribution is -2.27. The van der Waals surface area contributed by atoms with E-state index in [4.69, 9.17) is 31.5 Å². The van der Waals surface area contributed by atoms with E-state index in [1.165, 1.54) is 0 Å². The van der Waals surface area contributed by atoms with Crippen LogP contribution in [0, 0.1) is 11.3 Å². The highest BCUT2D eigenvalue weighted by molar-refractivity contribution is 6.31. The maximum absolute atomic E-state index is 12.7. The molecule has 0 saturated heterocycles. The van der Waals surface area contributed by atoms with Gasteiger partial charge in [0, 0.05) is 35.4 Å². The Balaban J connectivity index is 1.74. The molecule has 0 fully saturated rings. The summed E-state index contributed by atoms with van der Waals surface area (Å²) in [4.78, 5) is 17.2. The second kappa shape index (κ2) is 6.14. The highest BCUT2D eigenvalue weighted by Gasteiger charge is 2.39. The van der Waals surface area contributed by atoms with Gasteiger partial charge in [0.2, 0.25) is 12.7 Å². The molecule has 140 valence electrons. The Kier molecular flexibility index (Phi) is 3.71. The molecule has 1 aliphatic carbocycles. The summed E-state index contributed by atoms with van der Waals surface area (Å²) in [7, 11) is 0. The lowest BCUT2D eigenvalue weighted by Gasteiger charge is -2.31. The Bertz CT molecular complexity index is 1160. The van der Waals surface area contributed by atoms with Gasteiger partial charge >= 0.3 is 0 Å². The van der Waals surface area contributed by atoms with Crippen molar-refractivity contribution in [2.24, 2.45) is 5.73 Å². The summed E-state index contributed by atoms with van der Waals surface area (Å²) in [5, 5.41) is 10.7. The molecular formula is C20H14ClN3O4. The van der Waals surface area contributed by atoms with Gasteiger partial charge in [-0.2, -0.15) is 5.26 Å². The van der Waals surface area contributed by atoms with Gasteiger partial charge in [0.25, 0.3) is 0 Å². The minimum absolute atomic E-state index is 0.00259. The summed E-state index contributed by atoms with van der Waals surface area (Å²) in [6.07, 6.45) is 1.68. The fourth-order valence-corrected chi connectivity index (χ4v) is 4.18. The zero-order valence-corrected chi connectivity index (χ0v) is 15.4. The first-order chi connectivity index (χ1) is 13.6. The Hall–Kier alpha value is -3.24.